The first-order valence-corrected chi connectivity index (χ1v) is 10.4. The van der Waals surface area contributed by atoms with Crippen LogP contribution in [0.25, 0.3) is 5.52 Å². The number of pyridine rings is 1. The SMILES string of the molecule is COC(=O)c1cc(C(=O)c2ccc(Br)cc2)n2ccc(Cc3ccc([N+](=O)[O-])cc3)cc12. The van der Waals surface area contributed by atoms with Crippen LogP contribution in [-0.2, 0) is 11.2 Å². The molecule has 0 N–H and O–H groups in total. The first-order valence-electron chi connectivity index (χ1n) is 9.63. The lowest BCUT2D eigenvalue weighted by Crippen LogP contribution is -2.05. The maximum atomic E-state index is 13.1. The topological polar surface area (TPSA) is 90.9 Å². The standard InChI is InChI=1S/C24H17BrN2O5/c1-32-24(29)20-14-22(23(28)17-4-6-18(25)7-5-17)26-11-10-16(13-21(20)26)12-15-2-8-19(9-3-15)27(30)31/h2-11,13-14H,12H2,1H3. The van der Waals surface area contributed by atoms with Gasteiger partial charge in [0.2, 0.25) is 5.78 Å². The number of hydrogen-bond donors (Lipinski definition) is 0. The normalized spacial score (nSPS) is 10.8. The Kier molecular flexibility index (Phi) is 5.87. The summed E-state index contributed by atoms with van der Waals surface area (Å²) in [7, 11) is 1.29. The van der Waals surface area contributed by atoms with Crippen LogP contribution in [0, 0.1) is 10.1 Å². The number of benzene rings is 2. The van der Waals surface area contributed by atoms with E-state index in [9.17, 15) is 19.7 Å². The summed E-state index contributed by atoms with van der Waals surface area (Å²) in [5, 5.41) is 10.9. The predicted molar refractivity (Wildman–Crippen MR) is 122 cm³/mol. The van der Waals surface area contributed by atoms with Crippen molar-refractivity contribution >= 4 is 38.9 Å². The Hall–Kier alpha value is -3.78. The Morgan fingerprint density at radius 2 is 1.69 bits per heavy atom. The number of esters is 1. The molecule has 0 aliphatic carbocycles. The first-order chi connectivity index (χ1) is 15.4. The number of nitro groups is 1. The maximum absolute atomic E-state index is 13.1. The molecule has 7 nitrogen and oxygen atoms in total. The molecule has 0 atom stereocenters. The van der Waals surface area contributed by atoms with Gasteiger partial charge in [-0.1, -0.05) is 28.1 Å². The van der Waals surface area contributed by atoms with E-state index in [-0.39, 0.29) is 11.5 Å². The smallest absolute Gasteiger partial charge is 0.340 e. The number of ketones is 1. The molecule has 4 aromatic rings. The first kappa shape index (κ1) is 21.5. The van der Waals surface area contributed by atoms with Crippen LogP contribution in [0.1, 0.15) is 37.5 Å². The van der Waals surface area contributed by atoms with Crippen molar-refractivity contribution in [1.82, 2.24) is 4.40 Å². The van der Waals surface area contributed by atoms with Crippen molar-refractivity contribution in [3.8, 4) is 0 Å². The molecule has 0 saturated carbocycles. The third kappa shape index (κ3) is 4.17. The van der Waals surface area contributed by atoms with E-state index in [4.69, 9.17) is 4.74 Å². The summed E-state index contributed by atoms with van der Waals surface area (Å²) in [5.41, 5.74) is 3.49. The van der Waals surface area contributed by atoms with E-state index in [0.29, 0.717) is 28.8 Å². The third-order valence-corrected chi connectivity index (χ3v) is 5.66. The van der Waals surface area contributed by atoms with Crippen molar-refractivity contribution in [1.29, 1.82) is 0 Å². The lowest BCUT2D eigenvalue weighted by molar-refractivity contribution is -0.384. The molecule has 0 aliphatic heterocycles. The fraction of sp³-hybridized carbons (Fsp3) is 0.0833. The summed E-state index contributed by atoms with van der Waals surface area (Å²) < 4.78 is 7.46. The third-order valence-electron chi connectivity index (χ3n) is 5.14. The van der Waals surface area contributed by atoms with E-state index in [1.165, 1.54) is 19.2 Å². The van der Waals surface area contributed by atoms with Gasteiger partial charge < -0.3 is 9.14 Å². The second-order valence-corrected chi connectivity index (χ2v) is 8.08. The average molecular weight is 493 g/mol. The Morgan fingerprint density at radius 3 is 2.31 bits per heavy atom. The summed E-state index contributed by atoms with van der Waals surface area (Å²) in [4.78, 5) is 35.9. The molecule has 2 heterocycles. The molecule has 4 rings (SSSR count). The molecule has 160 valence electrons. The van der Waals surface area contributed by atoms with E-state index in [2.05, 4.69) is 15.9 Å². The van der Waals surface area contributed by atoms with Crippen LogP contribution >= 0.6 is 15.9 Å². The highest BCUT2D eigenvalue weighted by atomic mass is 79.9. The fourth-order valence-corrected chi connectivity index (χ4v) is 3.78. The summed E-state index contributed by atoms with van der Waals surface area (Å²) >= 11 is 3.36. The molecule has 0 fully saturated rings. The number of carbonyl (C=O) groups excluding carboxylic acids is 2. The van der Waals surface area contributed by atoms with Gasteiger partial charge in [-0.3, -0.25) is 14.9 Å². The lowest BCUT2D eigenvalue weighted by Gasteiger charge is -2.07. The lowest BCUT2D eigenvalue weighted by atomic mass is 10.0. The van der Waals surface area contributed by atoms with E-state index in [0.717, 1.165) is 15.6 Å². The number of rotatable bonds is 6. The highest BCUT2D eigenvalue weighted by Gasteiger charge is 2.21. The minimum absolute atomic E-state index is 0.0277. The van der Waals surface area contributed by atoms with E-state index in [1.807, 2.05) is 12.1 Å². The molecule has 8 heteroatoms. The number of halogens is 1. The molecule has 32 heavy (non-hydrogen) atoms. The van der Waals surface area contributed by atoms with Crippen LogP contribution in [0.15, 0.2) is 77.4 Å². The minimum atomic E-state index is -0.537. The van der Waals surface area contributed by atoms with Crippen LogP contribution in [0.4, 0.5) is 5.69 Å². The molecule has 0 bridgehead atoms. The van der Waals surface area contributed by atoms with Gasteiger partial charge in [-0.05, 0) is 60.0 Å². The number of ether oxygens (including phenoxy) is 1. The fourth-order valence-electron chi connectivity index (χ4n) is 3.52. The van der Waals surface area contributed by atoms with Gasteiger partial charge in [-0.25, -0.2) is 4.79 Å². The van der Waals surface area contributed by atoms with Crippen molar-refractivity contribution in [2.24, 2.45) is 0 Å². The molecule has 0 unspecified atom stereocenters. The number of carbonyl (C=O) groups is 2. The molecule has 0 saturated heterocycles. The number of aromatic nitrogens is 1. The molecule has 0 radical (unpaired) electrons. The highest BCUT2D eigenvalue weighted by Crippen LogP contribution is 2.24. The van der Waals surface area contributed by atoms with Crippen LogP contribution in [0.3, 0.4) is 0 Å². The van der Waals surface area contributed by atoms with Gasteiger partial charge in [0.05, 0.1) is 28.8 Å². The Morgan fingerprint density at radius 1 is 1.00 bits per heavy atom. The van der Waals surface area contributed by atoms with E-state index >= 15 is 0 Å². The van der Waals surface area contributed by atoms with Crippen LogP contribution in [-0.4, -0.2) is 28.2 Å². The second-order valence-electron chi connectivity index (χ2n) is 7.16. The summed E-state index contributed by atoms with van der Waals surface area (Å²) in [6, 6.07) is 18.5. The average Bonchev–Trinajstić information content (AvgIpc) is 3.18. The highest BCUT2D eigenvalue weighted by molar-refractivity contribution is 9.10. The summed E-state index contributed by atoms with van der Waals surface area (Å²) in [6.07, 6.45) is 2.25. The molecular weight excluding hydrogens is 476 g/mol. The molecule has 0 spiro atoms. The Bertz CT molecular complexity index is 1340. The summed E-state index contributed by atoms with van der Waals surface area (Å²) in [6.45, 7) is 0. The van der Waals surface area contributed by atoms with Gasteiger partial charge in [-0.15, -0.1) is 0 Å². The van der Waals surface area contributed by atoms with Gasteiger partial charge in [-0.2, -0.15) is 0 Å². The molecule has 0 amide bonds. The maximum Gasteiger partial charge on any atom is 0.340 e. The van der Waals surface area contributed by atoms with Crippen molar-refractivity contribution in [3.05, 3.63) is 115 Å². The zero-order valence-corrected chi connectivity index (χ0v) is 18.5. The minimum Gasteiger partial charge on any atom is -0.465 e. The number of fused-ring (bicyclic) bond motifs is 1. The zero-order chi connectivity index (χ0) is 22.8. The van der Waals surface area contributed by atoms with Crippen LogP contribution in [0.2, 0.25) is 0 Å². The quantitative estimate of drug-likeness (QED) is 0.159. The Labute approximate surface area is 191 Å². The molecule has 2 aromatic carbocycles. The number of methoxy groups -OCH3 is 1. The molecular formula is C24H17BrN2O5. The van der Waals surface area contributed by atoms with E-state index < -0.39 is 10.9 Å². The largest absolute Gasteiger partial charge is 0.465 e. The number of nitro benzene ring substituents is 1. The number of hydrogen-bond acceptors (Lipinski definition) is 5. The molecule has 2 aromatic heterocycles. The van der Waals surface area contributed by atoms with Gasteiger partial charge >= 0.3 is 5.97 Å². The Balaban J connectivity index is 1.74. The molecule has 0 aliphatic rings. The van der Waals surface area contributed by atoms with Crippen LogP contribution in [0.5, 0.6) is 0 Å². The van der Waals surface area contributed by atoms with Gasteiger partial charge in [0, 0.05) is 28.4 Å². The van der Waals surface area contributed by atoms with Crippen molar-refractivity contribution < 1.29 is 19.2 Å². The van der Waals surface area contributed by atoms with Gasteiger partial charge in [0.1, 0.15) is 0 Å². The summed E-state index contributed by atoms with van der Waals surface area (Å²) in [5.74, 6) is -0.754. The van der Waals surface area contributed by atoms with E-state index in [1.54, 1.807) is 53.1 Å². The number of non-ortho nitro benzene ring substituents is 1. The second kappa shape index (κ2) is 8.76. The van der Waals surface area contributed by atoms with Gasteiger partial charge in [0.15, 0.2) is 0 Å². The monoisotopic (exact) mass is 492 g/mol. The predicted octanol–water partition coefficient (Wildman–Crippen LogP) is 5.22. The number of nitrogens with zero attached hydrogens (tertiary/aromatic N) is 2. The van der Waals surface area contributed by atoms with Crippen molar-refractivity contribution in [3.63, 3.8) is 0 Å². The van der Waals surface area contributed by atoms with Gasteiger partial charge in [0.25, 0.3) is 5.69 Å². The van der Waals surface area contributed by atoms with Crippen LogP contribution < -0.4 is 0 Å². The zero-order valence-electron chi connectivity index (χ0n) is 16.9. The van der Waals surface area contributed by atoms with Crippen molar-refractivity contribution in [2.45, 2.75) is 6.42 Å². The van der Waals surface area contributed by atoms with Crippen molar-refractivity contribution in [2.75, 3.05) is 7.11 Å².